The van der Waals surface area contributed by atoms with Crippen LogP contribution in [-0.4, -0.2) is 69.6 Å². The first-order valence-electron chi connectivity index (χ1n) is 10.7. The first-order valence-corrected chi connectivity index (χ1v) is 11.4. The third-order valence-corrected chi connectivity index (χ3v) is 6.02. The van der Waals surface area contributed by atoms with Gasteiger partial charge in [0.25, 0.3) is 0 Å². The normalized spacial score (nSPS) is 15.3. The number of hydrogen-bond donors (Lipinski definition) is 1. The average Bonchev–Trinajstić information content (AvgIpc) is 2.79. The van der Waals surface area contributed by atoms with Gasteiger partial charge in [0.2, 0.25) is 0 Å². The number of alkyl halides is 3. The molecule has 1 N–H and O–H groups in total. The lowest BCUT2D eigenvalue weighted by atomic mass is 10.2. The van der Waals surface area contributed by atoms with E-state index in [-0.39, 0.29) is 6.54 Å². The number of carbonyl (C=O) groups is 1. The number of nitrogens with one attached hydrogen (secondary N) is 1. The van der Waals surface area contributed by atoms with Crippen LogP contribution in [0.2, 0.25) is 0 Å². The Balaban J connectivity index is 1.57. The van der Waals surface area contributed by atoms with Crippen LogP contribution in [0.15, 0.2) is 53.0 Å². The van der Waals surface area contributed by atoms with E-state index in [1.54, 1.807) is 19.1 Å². The van der Waals surface area contributed by atoms with Gasteiger partial charge in [-0.25, -0.2) is 4.79 Å². The minimum atomic E-state index is -4.49. The van der Waals surface area contributed by atoms with Gasteiger partial charge in [-0.15, -0.1) is 0 Å². The van der Waals surface area contributed by atoms with E-state index in [1.165, 1.54) is 12.8 Å². The van der Waals surface area contributed by atoms with E-state index < -0.39 is 24.9 Å². The lowest BCUT2D eigenvalue weighted by Gasteiger charge is -2.37. The number of hydrogen-bond acceptors (Lipinski definition) is 4. The summed E-state index contributed by atoms with van der Waals surface area (Å²) in [6.07, 6.45) is -5.01. The molecule has 0 bridgehead atoms. The van der Waals surface area contributed by atoms with Gasteiger partial charge in [0.05, 0.1) is 6.10 Å². The summed E-state index contributed by atoms with van der Waals surface area (Å²) in [5, 5.41) is 2.56. The van der Waals surface area contributed by atoms with Gasteiger partial charge in [0.1, 0.15) is 6.54 Å². The molecule has 1 aliphatic heterocycles. The Labute approximate surface area is 200 Å². The summed E-state index contributed by atoms with van der Waals surface area (Å²) in [4.78, 5) is 17.7. The van der Waals surface area contributed by atoms with Gasteiger partial charge < -0.3 is 24.8 Å². The van der Waals surface area contributed by atoms with E-state index in [0.717, 1.165) is 36.3 Å². The summed E-state index contributed by atoms with van der Waals surface area (Å²) < 4.78 is 44.8. The summed E-state index contributed by atoms with van der Waals surface area (Å²) in [5.41, 5.74) is 2.63. The van der Waals surface area contributed by atoms with Gasteiger partial charge in [0.15, 0.2) is 0 Å². The summed E-state index contributed by atoms with van der Waals surface area (Å²) in [6.45, 7) is 3.55. The van der Waals surface area contributed by atoms with E-state index >= 15 is 0 Å². The number of rotatable bonds is 7. The lowest BCUT2D eigenvalue weighted by Crippen LogP contribution is -2.46. The minimum Gasteiger partial charge on any atom is -0.380 e. The van der Waals surface area contributed by atoms with Gasteiger partial charge in [0, 0.05) is 61.4 Å². The molecule has 180 valence electrons. The third kappa shape index (κ3) is 7.53. The van der Waals surface area contributed by atoms with Crippen molar-refractivity contribution in [2.24, 2.45) is 0 Å². The molecule has 1 unspecified atom stereocenters. The highest BCUT2D eigenvalue weighted by Crippen LogP contribution is 2.24. The summed E-state index contributed by atoms with van der Waals surface area (Å²) in [6, 6.07) is 14.6. The number of anilines is 3. The zero-order valence-electron chi connectivity index (χ0n) is 18.6. The number of methoxy groups -OCH3 is 1. The first kappa shape index (κ1) is 25.2. The van der Waals surface area contributed by atoms with E-state index in [4.69, 9.17) is 4.74 Å². The lowest BCUT2D eigenvalue weighted by molar-refractivity contribution is -0.141. The molecular weight excluding hydrogens is 501 g/mol. The fourth-order valence-corrected chi connectivity index (χ4v) is 3.92. The van der Waals surface area contributed by atoms with Crippen molar-refractivity contribution >= 4 is 39.0 Å². The van der Waals surface area contributed by atoms with Crippen molar-refractivity contribution in [3.05, 3.63) is 53.0 Å². The quantitative estimate of drug-likeness (QED) is 0.536. The molecule has 6 nitrogen and oxygen atoms in total. The molecule has 0 aliphatic carbocycles. The largest absolute Gasteiger partial charge is 0.406 e. The average molecular weight is 529 g/mol. The molecule has 3 rings (SSSR count). The van der Waals surface area contributed by atoms with Crippen LogP contribution in [0.1, 0.15) is 6.92 Å². The molecule has 1 heterocycles. The van der Waals surface area contributed by atoms with Gasteiger partial charge in [-0.2, -0.15) is 13.2 Å². The second-order valence-electron chi connectivity index (χ2n) is 7.97. The molecule has 0 aromatic heterocycles. The fraction of sp³-hybridized carbons (Fsp3) is 0.435. The Kier molecular flexibility index (Phi) is 8.47. The molecule has 0 spiro atoms. The predicted molar refractivity (Wildman–Crippen MR) is 128 cm³/mol. The van der Waals surface area contributed by atoms with Crippen LogP contribution in [0.25, 0.3) is 0 Å². The number of amides is 2. The van der Waals surface area contributed by atoms with Gasteiger partial charge in [-0.05, 0) is 55.5 Å². The summed E-state index contributed by atoms with van der Waals surface area (Å²) in [5.74, 6) is 0. The maximum absolute atomic E-state index is 12.9. The van der Waals surface area contributed by atoms with E-state index in [2.05, 4.69) is 43.2 Å². The van der Waals surface area contributed by atoms with Crippen LogP contribution in [0.5, 0.6) is 0 Å². The van der Waals surface area contributed by atoms with Crippen LogP contribution in [-0.2, 0) is 4.74 Å². The number of urea groups is 1. The smallest absolute Gasteiger partial charge is 0.380 e. The molecule has 0 radical (unpaired) electrons. The molecule has 10 heteroatoms. The van der Waals surface area contributed by atoms with Crippen LogP contribution in [0.3, 0.4) is 0 Å². The number of halogens is 4. The Bertz CT molecular complexity index is 901. The number of carbonyl (C=O) groups excluding carboxylic acids is 1. The molecule has 1 atom stereocenters. The highest BCUT2D eigenvalue weighted by Gasteiger charge is 2.33. The predicted octanol–water partition coefficient (Wildman–Crippen LogP) is 5.21. The zero-order chi connectivity index (χ0) is 24.0. The minimum absolute atomic E-state index is 0.164. The summed E-state index contributed by atoms with van der Waals surface area (Å²) in [7, 11) is 1.39. The topological polar surface area (TPSA) is 48.1 Å². The fourth-order valence-electron chi connectivity index (χ4n) is 3.65. The molecule has 1 fully saturated rings. The molecule has 0 saturated carbocycles. The number of benzene rings is 2. The van der Waals surface area contributed by atoms with Crippen molar-refractivity contribution in [2.75, 3.05) is 61.5 Å². The molecular formula is C23H28BrF3N4O2. The van der Waals surface area contributed by atoms with Crippen molar-refractivity contribution in [1.29, 1.82) is 0 Å². The van der Waals surface area contributed by atoms with Crippen molar-refractivity contribution < 1.29 is 22.7 Å². The van der Waals surface area contributed by atoms with Crippen LogP contribution >= 0.6 is 15.9 Å². The SMILES string of the molecule is COC(C)CN(CC(F)(F)F)C(=O)Nc1ccc(N2CCN(c3ccc(Br)cc3)CC2)cc1. The maximum atomic E-state index is 12.9. The van der Waals surface area contributed by atoms with Crippen molar-refractivity contribution in [2.45, 2.75) is 19.2 Å². The number of ether oxygens (including phenoxy) is 1. The maximum Gasteiger partial charge on any atom is 0.406 e. The highest BCUT2D eigenvalue weighted by molar-refractivity contribution is 9.10. The molecule has 1 saturated heterocycles. The zero-order valence-corrected chi connectivity index (χ0v) is 20.2. The van der Waals surface area contributed by atoms with Gasteiger partial charge in [-0.3, -0.25) is 0 Å². The first-order chi connectivity index (χ1) is 15.6. The monoisotopic (exact) mass is 528 g/mol. The van der Waals surface area contributed by atoms with E-state index in [1.807, 2.05) is 24.3 Å². The van der Waals surface area contributed by atoms with Crippen molar-refractivity contribution in [3.8, 4) is 0 Å². The Morgan fingerprint density at radius 2 is 1.52 bits per heavy atom. The Morgan fingerprint density at radius 1 is 1.03 bits per heavy atom. The molecule has 33 heavy (non-hydrogen) atoms. The molecule has 1 aliphatic rings. The van der Waals surface area contributed by atoms with Crippen LogP contribution in [0, 0.1) is 0 Å². The number of nitrogens with zero attached hydrogens (tertiary/aromatic N) is 3. The van der Waals surface area contributed by atoms with Crippen molar-refractivity contribution in [3.63, 3.8) is 0 Å². The van der Waals surface area contributed by atoms with E-state index in [9.17, 15) is 18.0 Å². The summed E-state index contributed by atoms with van der Waals surface area (Å²) >= 11 is 3.45. The standard InChI is InChI=1S/C23H28BrF3N4O2/c1-17(33-2)15-31(16-23(25,26)27)22(32)28-19-5-9-21(10-6-19)30-13-11-29(12-14-30)20-7-3-18(24)4-8-20/h3-10,17H,11-16H2,1-2H3,(H,28,32). The Morgan fingerprint density at radius 3 is 1.97 bits per heavy atom. The number of piperazine rings is 1. The van der Waals surface area contributed by atoms with Gasteiger partial charge in [-0.1, -0.05) is 15.9 Å². The van der Waals surface area contributed by atoms with E-state index in [0.29, 0.717) is 10.6 Å². The van der Waals surface area contributed by atoms with Crippen LogP contribution in [0.4, 0.5) is 35.0 Å². The molecule has 2 aromatic carbocycles. The Hall–Kier alpha value is -2.46. The molecule has 2 aromatic rings. The third-order valence-electron chi connectivity index (χ3n) is 5.49. The van der Waals surface area contributed by atoms with Gasteiger partial charge >= 0.3 is 12.2 Å². The second-order valence-corrected chi connectivity index (χ2v) is 8.89. The van der Waals surface area contributed by atoms with Crippen molar-refractivity contribution in [1.82, 2.24) is 4.90 Å². The van der Waals surface area contributed by atoms with Crippen LogP contribution < -0.4 is 15.1 Å². The highest BCUT2D eigenvalue weighted by atomic mass is 79.9. The molecule has 2 amide bonds. The second kappa shape index (κ2) is 11.1.